The number of hydrogen-bond donors (Lipinski definition) is 1. The van der Waals surface area contributed by atoms with Gasteiger partial charge in [0.2, 0.25) is 0 Å². The Morgan fingerprint density at radius 3 is 2.80 bits per heavy atom. The number of oxazole rings is 1. The van der Waals surface area contributed by atoms with Crippen molar-refractivity contribution in [3.63, 3.8) is 0 Å². The predicted molar refractivity (Wildman–Crippen MR) is 119 cm³/mol. The molecule has 0 aliphatic rings. The van der Waals surface area contributed by atoms with Gasteiger partial charge in [-0.2, -0.15) is 0 Å². The van der Waals surface area contributed by atoms with Gasteiger partial charge in [-0.15, -0.1) is 11.3 Å². The average Bonchev–Trinajstić information content (AvgIpc) is 3.41. The van der Waals surface area contributed by atoms with E-state index in [4.69, 9.17) is 8.83 Å². The number of nitrogens with zero attached hydrogens (tertiary/aromatic N) is 2. The van der Waals surface area contributed by atoms with Crippen LogP contribution in [0, 0.1) is 13.8 Å². The first-order chi connectivity index (χ1) is 14.6. The van der Waals surface area contributed by atoms with E-state index in [1.807, 2.05) is 36.6 Å². The third-order valence-electron chi connectivity index (χ3n) is 4.59. The van der Waals surface area contributed by atoms with Crippen molar-refractivity contribution in [2.75, 3.05) is 5.32 Å². The Morgan fingerprint density at radius 1 is 1.10 bits per heavy atom. The van der Waals surface area contributed by atoms with Crippen molar-refractivity contribution < 1.29 is 13.6 Å². The quantitative estimate of drug-likeness (QED) is 0.331. The van der Waals surface area contributed by atoms with E-state index < -0.39 is 0 Å². The maximum atomic E-state index is 13.1. The number of aryl methyl sites for hydroxylation is 2. The van der Waals surface area contributed by atoms with Crippen molar-refractivity contribution in [2.24, 2.45) is 0 Å². The zero-order chi connectivity index (χ0) is 20.7. The molecular weight excluding hydrogens is 418 g/mol. The van der Waals surface area contributed by atoms with Crippen LogP contribution in [-0.2, 0) is 5.75 Å². The molecular formula is C22H17N3O3S2. The smallest absolute Gasteiger partial charge is 0.291 e. The monoisotopic (exact) mass is 435 g/mol. The fourth-order valence-electron chi connectivity index (χ4n) is 3.27. The Bertz CT molecular complexity index is 1380. The van der Waals surface area contributed by atoms with Gasteiger partial charge in [0, 0.05) is 40.4 Å². The van der Waals surface area contributed by atoms with Crippen LogP contribution in [0.15, 0.2) is 61.0 Å². The second-order valence-corrected chi connectivity index (χ2v) is 8.90. The minimum absolute atomic E-state index is 0.295. The average molecular weight is 436 g/mol. The third-order valence-corrected chi connectivity index (χ3v) is 6.76. The van der Waals surface area contributed by atoms with Crippen molar-refractivity contribution in [1.29, 1.82) is 0 Å². The molecule has 0 fully saturated rings. The van der Waals surface area contributed by atoms with Gasteiger partial charge in [0.15, 0.2) is 17.2 Å². The number of carbonyl (C=O) groups excluding carboxylic acids is 1. The number of rotatable bonds is 5. The van der Waals surface area contributed by atoms with E-state index >= 15 is 0 Å². The predicted octanol–water partition coefficient (Wildman–Crippen LogP) is 6.19. The van der Waals surface area contributed by atoms with Gasteiger partial charge in [-0.05, 0) is 31.2 Å². The number of amides is 1. The van der Waals surface area contributed by atoms with E-state index in [2.05, 4.69) is 15.3 Å². The summed E-state index contributed by atoms with van der Waals surface area (Å²) in [5, 5.41) is 5.88. The molecule has 5 rings (SSSR count). The third kappa shape index (κ3) is 3.59. The summed E-state index contributed by atoms with van der Waals surface area (Å²) < 4.78 is 12.4. The molecule has 0 saturated heterocycles. The van der Waals surface area contributed by atoms with Crippen molar-refractivity contribution in [1.82, 2.24) is 9.97 Å². The largest absolute Gasteiger partial charge is 0.451 e. The summed E-state index contributed by atoms with van der Waals surface area (Å²) in [6.07, 6.45) is 0. The van der Waals surface area contributed by atoms with Crippen LogP contribution >= 0.6 is 23.1 Å². The van der Waals surface area contributed by atoms with Crippen LogP contribution in [0.3, 0.4) is 0 Å². The number of thiazole rings is 1. The van der Waals surface area contributed by atoms with Gasteiger partial charge in [-0.1, -0.05) is 30.0 Å². The van der Waals surface area contributed by atoms with Crippen molar-refractivity contribution in [3.8, 4) is 0 Å². The first kappa shape index (κ1) is 18.9. The van der Waals surface area contributed by atoms with Crippen LogP contribution < -0.4 is 5.32 Å². The molecule has 1 amide bonds. The Kier molecular flexibility index (Phi) is 4.80. The van der Waals surface area contributed by atoms with E-state index in [1.54, 1.807) is 48.2 Å². The highest BCUT2D eigenvalue weighted by Crippen LogP contribution is 2.33. The Morgan fingerprint density at radius 2 is 1.97 bits per heavy atom. The van der Waals surface area contributed by atoms with Crippen molar-refractivity contribution >= 4 is 56.8 Å². The fraction of sp³-hybridized carbons (Fsp3) is 0.136. The number of carbonyl (C=O) groups is 1. The van der Waals surface area contributed by atoms with Gasteiger partial charge in [0.1, 0.15) is 15.4 Å². The zero-order valence-electron chi connectivity index (χ0n) is 16.3. The first-order valence-corrected chi connectivity index (χ1v) is 11.2. The van der Waals surface area contributed by atoms with Gasteiger partial charge in [-0.3, -0.25) is 4.79 Å². The minimum Gasteiger partial charge on any atom is -0.451 e. The van der Waals surface area contributed by atoms with E-state index in [-0.39, 0.29) is 5.91 Å². The maximum absolute atomic E-state index is 13.1. The van der Waals surface area contributed by atoms with Gasteiger partial charge in [-0.25, -0.2) is 9.97 Å². The molecule has 0 atom stereocenters. The molecule has 1 N–H and O–H groups in total. The molecule has 3 heterocycles. The number of thioether (sulfide) groups is 1. The van der Waals surface area contributed by atoms with E-state index in [0.29, 0.717) is 39.8 Å². The van der Waals surface area contributed by atoms with Crippen LogP contribution in [0.4, 0.5) is 5.69 Å². The highest BCUT2D eigenvalue weighted by atomic mass is 32.2. The lowest BCUT2D eigenvalue weighted by molar-refractivity contribution is 0.0998. The van der Waals surface area contributed by atoms with E-state index in [1.165, 1.54) is 0 Å². The highest BCUT2D eigenvalue weighted by Gasteiger charge is 2.21. The maximum Gasteiger partial charge on any atom is 0.291 e. The lowest BCUT2D eigenvalue weighted by Crippen LogP contribution is -2.12. The summed E-state index contributed by atoms with van der Waals surface area (Å²) in [6, 6.07) is 13.1. The topological polar surface area (TPSA) is 81.2 Å². The van der Waals surface area contributed by atoms with Gasteiger partial charge in [0.05, 0.1) is 0 Å². The number of para-hydroxylation sites is 1. The molecule has 5 aromatic rings. The summed E-state index contributed by atoms with van der Waals surface area (Å²) in [6.45, 7) is 3.76. The van der Waals surface area contributed by atoms with Gasteiger partial charge in [0.25, 0.3) is 5.91 Å². The summed E-state index contributed by atoms with van der Waals surface area (Å²) in [5.41, 5.74) is 4.57. The number of aromatic nitrogens is 2. The fourth-order valence-corrected chi connectivity index (χ4v) is 5.14. The molecule has 8 heteroatoms. The van der Waals surface area contributed by atoms with Crippen LogP contribution in [0.2, 0.25) is 0 Å². The lowest BCUT2D eigenvalue weighted by Gasteiger charge is -2.05. The standard InChI is InChI=1S/C22H17N3O3S2/c1-12-10-29-22(23-12)30-11-16-15-5-3-4-6-18(15)28-20(16)21(26)25-14-7-8-19-17(9-14)24-13(2)27-19/h3-10H,11H2,1-2H3,(H,25,26). The zero-order valence-corrected chi connectivity index (χ0v) is 17.9. The molecule has 0 radical (unpaired) electrons. The van der Waals surface area contributed by atoms with E-state index in [0.717, 1.165) is 21.0 Å². The number of benzene rings is 2. The summed E-state index contributed by atoms with van der Waals surface area (Å²) in [5.74, 6) is 1.20. The second kappa shape index (κ2) is 7.62. The molecule has 0 spiro atoms. The Labute approximate surface area is 180 Å². The van der Waals surface area contributed by atoms with Crippen LogP contribution in [-0.4, -0.2) is 15.9 Å². The van der Waals surface area contributed by atoms with Crippen molar-refractivity contribution in [3.05, 3.63) is 70.8 Å². The van der Waals surface area contributed by atoms with Gasteiger partial charge >= 0.3 is 0 Å². The first-order valence-electron chi connectivity index (χ1n) is 9.31. The second-order valence-electron chi connectivity index (χ2n) is 6.82. The van der Waals surface area contributed by atoms with Crippen LogP contribution in [0.5, 0.6) is 0 Å². The van der Waals surface area contributed by atoms with E-state index in [9.17, 15) is 4.79 Å². The summed E-state index contributed by atoms with van der Waals surface area (Å²) in [7, 11) is 0. The van der Waals surface area contributed by atoms with Crippen molar-refractivity contribution in [2.45, 2.75) is 23.9 Å². The molecule has 2 aromatic carbocycles. The number of nitrogens with one attached hydrogen (secondary N) is 1. The molecule has 0 saturated carbocycles. The molecule has 0 aliphatic heterocycles. The SMILES string of the molecule is Cc1csc(SCc2c(C(=O)Nc3ccc4oc(C)nc4c3)oc3ccccc23)n1. The molecule has 0 aliphatic carbocycles. The molecule has 3 aromatic heterocycles. The highest BCUT2D eigenvalue weighted by molar-refractivity contribution is 8.00. The number of furan rings is 1. The number of anilines is 1. The molecule has 6 nitrogen and oxygen atoms in total. The normalized spacial score (nSPS) is 11.4. The molecule has 30 heavy (non-hydrogen) atoms. The van der Waals surface area contributed by atoms with Gasteiger partial charge < -0.3 is 14.2 Å². The number of fused-ring (bicyclic) bond motifs is 2. The Hall–Kier alpha value is -3.10. The summed E-state index contributed by atoms with van der Waals surface area (Å²) >= 11 is 3.20. The lowest BCUT2D eigenvalue weighted by atomic mass is 10.1. The molecule has 0 unspecified atom stereocenters. The molecule has 150 valence electrons. The van der Waals surface area contributed by atoms with Crippen LogP contribution in [0.1, 0.15) is 27.7 Å². The minimum atomic E-state index is -0.295. The summed E-state index contributed by atoms with van der Waals surface area (Å²) in [4.78, 5) is 21.9. The molecule has 0 bridgehead atoms. The van der Waals surface area contributed by atoms with Crippen LogP contribution in [0.25, 0.3) is 22.1 Å². The number of hydrogen-bond acceptors (Lipinski definition) is 7. The Balaban J connectivity index is 1.46.